The van der Waals surface area contributed by atoms with Crippen LogP contribution < -0.4 is 12.3 Å². The molecule has 0 atom stereocenters. The van der Waals surface area contributed by atoms with Gasteiger partial charge in [0.15, 0.2) is 0 Å². The molecule has 2 radical (unpaired) electrons. The van der Waals surface area contributed by atoms with E-state index in [1.54, 1.807) is 0 Å². The highest BCUT2D eigenvalue weighted by Gasteiger charge is 3.00. The van der Waals surface area contributed by atoms with Gasteiger partial charge in [-0.05, 0) is 0 Å². The molecule has 0 aromatic heterocycles. The van der Waals surface area contributed by atoms with Crippen LogP contribution in [0.2, 0.25) is 0 Å². The summed E-state index contributed by atoms with van der Waals surface area (Å²) in [5, 5.41) is 0. The standard InChI is InChI=1S/H3N.N.2H2O4S/c;;2*1-5(2,3)4/h1H3;;2*(H2,1,2,3,4)/q;+3;;/p-3. The van der Waals surface area contributed by atoms with Gasteiger partial charge in [-0.1, -0.05) is 0 Å². The third-order valence-electron chi connectivity index (χ3n) is 0. The molecule has 4 N–H and O–H groups in total. The predicted molar refractivity (Wildman–Crippen MR) is 30.0 cm³/mol. The fraction of sp³-hybridized carbons (Fsp3) is 0. The van der Waals surface area contributed by atoms with E-state index in [2.05, 4.69) is 0 Å². The minimum Gasteiger partial charge on any atom is -0.759 e. The zero-order chi connectivity index (χ0) is 9.00. The van der Waals surface area contributed by atoms with Gasteiger partial charge in [-0.25, -0.2) is 8.42 Å². The van der Waals surface area contributed by atoms with Crippen LogP contribution in [-0.2, 0) is 20.8 Å². The van der Waals surface area contributed by atoms with Gasteiger partial charge in [-0.3, -0.25) is 13.0 Å². The van der Waals surface area contributed by atoms with Crippen LogP contribution in [0.4, 0.5) is 0 Å². The smallest absolute Gasteiger partial charge is 0.759 e. The van der Waals surface area contributed by atoms with Crippen LogP contribution in [0, 0.1) is 0 Å². The van der Waals surface area contributed by atoms with Crippen LogP contribution in [0.25, 0.3) is 0 Å². The SMILES string of the molecule is N.O=S(=O)([O-])O.O=S(=O)([O-])[O-].[N+3]. The van der Waals surface area contributed by atoms with E-state index < -0.39 is 20.8 Å². The molecule has 12 heavy (non-hydrogen) atoms. The van der Waals surface area contributed by atoms with Crippen LogP contribution in [0.5, 0.6) is 0 Å². The van der Waals surface area contributed by atoms with E-state index in [1.165, 1.54) is 0 Å². The fourth-order valence-corrected chi connectivity index (χ4v) is 0. The quantitative estimate of drug-likeness (QED) is 0.323. The molecule has 0 heterocycles. The molecule has 0 aromatic carbocycles. The zero-order valence-corrected chi connectivity index (χ0v) is 6.91. The Labute approximate surface area is 68.9 Å². The van der Waals surface area contributed by atoms with E-state index in [0.717, 1.165) is 0 Å². The lowest BCUT2D eigenvalue weighted by atomic mass is 14.0. The number of hydrogen-bond donors (Lipinski definition) is 2. The lowest BCUT2D eigenvalue weighted by Gasteiger charge is -2.06. The Hall–Kier alpha value is -0.590. The van der Waals surface area contributed by atoms with Crippen LogP contribution in [0.1, 0.15) is 0 Å². The van der Waals surface area contributed by atoms with Crippen molar-refractivity contribution >= 4 is 20.8 Å². The summed E-state index contributed by atoms with van der Waals surface area (Å²) in [6.45, 7) is 0. The molecule has 0 saturated carbocycles. The summed E-state index contributed by atoms with van der Waals surface area (Å²) in [6.07, 6.45) is 0. The van der Waals surface area contributed by atoms with E-state index in [4.69, 9.17) is 35.0 Å². The topological polar surface area (TPSA) is 223 Å². The molecule has 0 rings (SSSR count). The van der Waals surface area contributed by atoms with Crippen molar-refractivity contribution in [1.82, 2.24) is 12.3 Å². The summed E-state index contributed by atoms with van der Waals surface area (Å²) in [5.41, 5.74) is 0. The van der Waals surface area contributed by atoms with Crippen molar-refractivity contribution in [2.75, 3.05) is 0 Å². The molecule has 0 saturated heterocycles. The van der Waals surface area contributed by atoms with E-state index in [9.17, 15) is 0 Å². The van der Waals surface area contributed by atoms with Crippen LogP contribution >= 0.6 is 0 Å². The molecule has 10 nitrogen and oxygen atoms in total. The summed E-state index contributed by atoms with van der Waals surface area (Å²) < 4.78 is 66.9. The molecular weight excluding hydrogens is 220 g/mol. The van der Waals surface area contributed by atoms with Gasteiger partial charge in [0.25, 0.3) is 0 Å². The lowest BCUT2D eigenvalue weighted by Crippen LogP contribution is -1.91. The first-order chi connectivity index (χ1) is 4.00. The van der Waals surface area contributed by atoms with E-state index in [0.29, 0.717) is 0 Å². The second-order valence-corrected chi connectivity index (χ2v) is 2.51. The molecule has 0 unspecified atom stereocenters. The Balaban J connectivity index is -0.0000000457. The summed E-state index contributed by atoms with van der Waals surface area (Å²) in [4.78, 5) is 0. The molecule has 0 fully saturated rings. The first-order valence-corrected chi connectivity index (χ1v) is 4.05. The van der Waals surface area contributed by atoms with E-state index in [-0.39, 0.29) is 12.3 Å². The summed E-state index contributed by atoms with van der Waals surface area (Å²) >= 11 is 0. The molecule has 12 heteroatoms. The predicted octanol–water partition coefficient (Wildman–Crippen LogP) is -2.65. The third kappa shape index (κ3) is 1910. The molecule has 74 valence electrons. The molecule has 0 spiro atoms. The van der Waals surface area contributed by atoms with Gasteiger partial charge in [0.2, 0.25) is 10.4 Å². The third-order valence-corrected chi connectivity index (χ3v) is 0. The first-order valence-electron chi connectivity index (χ1n) is 1.35. The average Bonchev–Trinajstić information content (AvgIpc) is 1.12. The van der Waals surface area contributed by atoms with Crippen molar-refractivity contribution in [1.29, 1.82) is 0 Å². The van der Waals surface area contributed by atoms with Gasteiger partial charge in [0, 0.05) is 10.4 Å². The van der Waals surface area contributed by atoms with Crippen LogP contribution in [0.3, 0.4) is 0 Å². The maximum Gasteiger partial charge on any atom is 3.00 e. The summed E-state index contributed by atoms with van der Waals surface area (Å²) in [6, 6.07) is 0. The van der Waals surface area contributed by atoms with Crippen LogP contribution in [-0.4, -0.2) is 35.0 Å². The largest absolute Gasteiger partial charge is 3.00 e. The zero-order valence-electron chi connectivity index (χ0n) is 5.28. The van der Waals surface area contributed by atoms with Crippen LogP contribution in [0.15, 0.2) is 0 Å². The van der Waals surface area contributed by atoms with Crippen molar-refractivity contribution in [2.45, 2.75) is 0 Å². The minimum absolute atomic E-state index is 0. The van der Waals surface area contributed by atoms with E-state index >= 15 is 0 Å². The Bertz CT molecular complexity index is 211. The first kappa shape index (κ1) is 22.5. The second-order valence-electron chi connectivity index (χ2n) is 0.836. The molecule has 0 aliphatic heterocycles. The van der Waals surface area contributed by atoms with Gasteiger partial charge in [0.05, 0.1) is 0 Å². The maximum absolute atomic E-state index is 8.63. The van der Waals surface area contributed by atoms with Crippen molar-refractivity contribution in [3.05, 3.63) is 0 Å². The van der Waals surface area contributed by atoms with Crippen molar-refractivity contribution in [2.24, 2.45) is 0 Å². The van der Waals surface area contributed by atoms with Gasteiger partial charge in [0.1, 0.15) is 0 Å². The molecule has 0 aliphatic rings. The lowest BCUT2D eigenvalue weighted by molar-refractivity contribution is 0.352. The molecule has 0 amide bonds. The van der Waals surface area contributed by atoms with Gasteiger partial charge >= 0.3 is 6.15 Å². The highest BCUT2D eigenvalue weighted by atomic mass is 32.3. The maximum atomic E-state index is 8.63. The molecule has 0 bridgehead atoms. The summed E-state index contributed by atoms with van der Waals surface area (Å²) in [7, 11) is -10.1. The highest BCUT2D eigenvalue weighted by molar-refractivity contribution is 7.80. The monoisotopic (exact) mass is 224 g/mol. The van der Waals surface area contributed by atoms with Gasteiger partial charge in [-0.15, -0.1) is 0 Å². The number of hydrogen-bond acceptors (Lipinski definition) is 8. The Morgan fingerprint density at radius 1 is 0.917 bits per heavy atom. The normalized spacial score (nSPS) is 9.67. The van der Waals surface area contributed by atoms with Crippen molar-refractivity contribution < 1.29 is 35.0 Å². The van der Waals surface area contributed by atoms with E-state index in [1.807, 2.05) is 0 Å². The second kappa shape index (κ2) is 7.08. The van der Waals surface area contributed by atoms with Crippen molar-refractivity contribution in [3.63, 3.8) is 0 Å². The Morgan fingerprint density at radius 3 is 0.917 bits per heavy atom. The number of rotatable bonds is 0. The Kier molecular flexibility index (Phi) is 13.3. The summed E-state index contributed by atoms with van der Waals surface area (Å²) in [5.74, 6) is 0. The van der Waals surface area contributed by atoms with Gasteiger partial charge < -0.3 is 19.8 Å². The average molecular weight is 224 g/mol. The minimum atomic E-state index is -5.17. The van der Waals surface area contributed by atoms with Gasteiger partial charge in [-0.2, -0.15) is 0 Å². The van der Waals surface area contributed by atoms with Crippen molar-refractivity contribution in [3.8, 4) is 0 Å². The number of nitrogens with zero attached hydrogens (tertiary/aromatic N) is 1. The highest BCUT2D eigenvalue weighted by Crippen LogP contribution is 1.58. The molecule has 0 aromatic rings. The fourth-order valence-electron chi connectivity index (χ4n) is 0. The Morgan fingerprint density at radius 2 is 0.917 bits per heavy atom. The molecule has 0 aliphatic carbocycles. The molecular formula is H4N2O8S2.